The van der Waals surface area contributed by atoms with E-state index in [9.17, 15) is 14.4 Å². The molecule has 0 aliphatic rings. The van der Waals surface area contributed by atoms with Crippen LogP contribution < -0.4 is 0 Å². The van der Waals surface area contributed by atoms with Gasteiger partial charge >= 0.3 is 17.9 Å². The summed E-state index contributed by atoms with van der Waals surface area (Å²) in [5.74, 6) is -3.72. The van der Waals surface area contributed by atoms with Crippen LogP contribution in [0.4, 0.5) is 0 Å². The van der Waals surface area contributed by atoms with Gasteiger partial charge in [-0.25, -0.2) is 4.79 Å². The van der Waals surface area contributed by atoms with Crippen LogP contribution in [0, 0.1) is 0 Å². The molecule has 0 rings (SSSR count). The highest BCUT2D eigenvalue weighted by atomic mass is 16.5. The summed E-state index contributed by atoms with van der Waals surface area (Å²) in [7, 11) is 0. The van der Waals surface area contributed by atoms with Crippen LogP contribution >= 0.6 is 0 Å². The van der Waals surface area contributed by atoms with E-state index in [1.165, 1.54) is 0 Å². The Balaban J connectivity index is 3.85. The zero-order valence-corrected chi connectivity index (χ0v) is 9.79. The molecular formula is C11H16O7. The molecule has 0 aromatic heterocycles. The Kier molecular flexibility index (Phi) is 8.00. The van der Waals surface area contributed by atoms with Crippen molar-refractivity contribution in [3.63, 3.8) is 0 Å². The molecule has 18 heavy (non-hydrogen) atoms. The molecule has 0 aromatic rings. The zero-order chi connectivity index (χ0) is 14.0. The molecule has 3 N–H and O–H groups in total. The quantitative estimate of drug-likeness (QED) is 0.305. The molecular weight excluding hydrogens is 244 g/mol. The highest BCUT2D eigenvalue weighted by Gasteiger charge is 2.09. The summed E-state index contributed by atoms with van der Waals surface area (Å²) in [5, 5.41) is 25.5. The zero-order valence-electron chi connectivity index (χ0n) is 9.79. The number of unbranched alkanes of at least 4 members (excludes halogenated alkanes) is 2. The molecule has 0 amide bonds. The normalized spacial score (nSPS) is 11.0. The first-order chi connectivity index (χ1) is 8.43. The molecule has 0 fully saturated rings. The minimum atomic E-state index is -1.32. The van der Waals surface area contributed by atoms with E-state index in [1.54, 1.807) is 0 Å². The van der Waals surface area contributed by atoms with Gasteiger partial charge < -0.3 is 20.1 Å². The third-order valence-electron chi connectivity index (χ3n) is 1.97. The van der Waals surface area contributed by atoms with Crippen LogP contribution in [0.15, 0.2) is 11.8 Å². The van der Waals surface area contributed by atoms with Crippen LogP contribution in [0.5, 0.6) is 0 Å². The summed E-state index contributed by atoms with van der Waals surface area (Å²) in [6.07, 6.45) is 2.27. The van der Waals surface area contributed by atoms with E-state index in [2.05, 4.69) is 0 Å². The van der Waals surface area contributed by atoms with Crippen LogP contribution in [-0.4, -0.2) is 39.8 Å². The average molecular weight is 260 g/mol. The Morgan fingerprint density at radius 1 is 0.944 bits per heavy atom. The Bertz CT molecular complexity index is 332. The van der Waals surface area contributed by atoms with E-state index in [-0.39, 0.29) is 13.0 Å². The van der Waals surface area contributed by atoms with Crippen molar-refractivity contribution in [3.05, 3.63) is 11.8 Å². The lowest BCUT2D eigenvalue weighted by molar-refractivity contribution is -0.138. The molecule has 0 unspecified atom stereocenters. The van der Waals surface area contributed by atoms with Crippen LogP contribution in [0.3, 0.4) is 0 Å². The highest BCUT2D eigenvalue weighted by molar-refractivity contribution is 5.85. The van der Waals surface area contributed by atoms with E-state index in [4.69, 9.17) is 20.1 Å². The second-order valence-corrected chi connectivity index (χ2v) is 3.52. The Labute approximate surface area is 104 Å². The van der Waals surface area contributed by atoms with Crippen LogP contribution in [0.25, 0.3) is 0 Å². The fraction of sp³-hybridized carbons (Fsp3) is 0.545. The second-order valence-electron chi connectivity index (χ2n) is 3.52. The number of ether oxygens (including phenoxy) is 1. The number of rotatable bonds is 10. The second kappa shape index (κ2) is 9.03. The Hall–Kier alpha value is -2.05. The summed E-state index contributed by atoms with van der Waals surface area (Å²) >= 11 is 0. The molecule has 0 atom stereocenters. The fourth-order valence-corrected chi connectivity index (χ4v) is 1.13. The lowest BCUT2D eigenvalue weighted by Crippen LogP contribution is -2.07. The summed E-state index contributed by atoms with van der Waals surface area (Å²) in [4.78, 5) is 31.1. The molecule has 0 spiro atoms. The Morgan fingerprint density at radius 3 is 2.11 bits per heavy atom. The molecule has 0 radical (unpaired) electrons. The van der Waals surface area contributed by atoms with Crippen molar-refractivity contribution in [2.75, 3.05) is 6.61 Å². The monoisotopic (exact) mass is 260 g/mol. The van der Waals surface area contributed by atoms with Crippen LogP contribution in [-0.2, 0) is 19.1 Å². The molecule has 0 aromatic carbocycles. The van der Waals surface area contributed by atoms with Crippen molar-refractivity contribution >= 4 is 17.9 Å². The van der Waals surface area contributed by atoms with Gasteiger partial charge in [-0.2, -0.15) is 0 Å². The maximum Gasteiger partial charge on any atom is 0.370 e. The standard InChI is InChI=1S/C11H16O7/c12-9(13)4-2-1-3-7-18-8(11(16)17)5-6-10(14)15/h5H,1-4,6-7H2,(H,12,13)(H,14,15)(H,16,17). The average Bonchev–Trinajstić information content (AvgIpc) is 2.25. The smallest absolute Gasteiger partial charge is 0.370 e. The summed E-state index contributed by atoms with van der Waals surface area (Å²) in [5.41, 5.74) is 0. The summed E-state index contributed by atoms with van der Waals surface area (Å²) in [6, 6.07) is 0. The maximum absolute atomic E-state index is 10.7. The molecule has 0 aliphatic heterocycles. The van der Waals surface area contributed by atoms with Gasteiger partial charge in [-0.1, -0.05) is 0 Å². The largest absolute Gasteiger partial charge is 0.487 e. The van der Waals surface area contributed by atoms with Gasteiger partial charge in [-0.15, -0.1) is 0 Å². The van der Waals surface area contributed by atoms with E-state index >= 15 is 0 Å². The van der Waals surface area contributed by atoms with Gasteiger partial charge in [0.25, 0.3) is 0 Å². The number of carbonyl (C=O) groups is 3. The molecule has 7 heteroatoms. The minimum absolute atomic E-state index is 0.0701. The number of carboxylic acids is 3. The summed E-state index contributed by atoms with van der Waals surface area (Å²) in [6.45, 7) is 0.122. The van der Waals surface area contributed by atoms with Gasteiger partial charge in [-0.05, 0) is 25.3 Å². The molecule has 0 aliphatic carbocycles. The minimum Gasteiger partial charge on any atom is -0.487 e. The lowest BCUT2D eigenvalue weighted by Gasteiger charge is -2.05. The van der Waals surface area contributed by atoms with Crippen molar-refractivity contribution in [2.45, 2.75) is 32.1 Å². The first kappa shape index (κ1) is 16.0. The fourth-order valence-electron chi connectivity index (χ4n) is 1.13. The topological polar surface area (TPSA) is 121 Å². The molecule has 0 saturated heterocycles. The van der Waals surface area contributed by atoms with Crippen LogP contribution in [0.1, 0.15) is 32.1 Å². The van der Waals surface area contributed by atoms with Gasteiger partial charge in [0.15, 0.2) is 0 Å². The molecule has 102 valence electrons. The van der Waals surface area contributed by atoms with E-state index in [0.717, 1.165) is 6.08 Å². The molecule has 7 nitrogen and oxygen atoms in total. The number of hydrogen-bond acceptors (Lipinski definition) is 4. The van der Waals surface area contributed by atoms with Gasteiger partial charge in [-0.3, -0.25) is 9.59 Å². The van der Waals surface area contributed by atoms with Gasteiger partial charge in [0.2, 0.25) is 5.76 Å². The first-order valence-electron chi connectivity index (χ1n) is 5.43. The Morgan fingerprint density at radius 2 is 1.61 bits per heavy atom. The van der Waals surface area contributed by atoms with Crippen molar-refractivity contribution in [1.29, 1.82) is 0 Å². The molecule has 0 heterocycles. The van der Waals surface area contributed by atoms with Gasteiger partial charge in [0.1, 0.15) is 0 Å². The number of carboxylic acid groups (broad SMARTS) is 3. The third-order valence-corrected chi connectivity index (χ3v) is 1.97. The van der Waals surface area contributed by atoms with E-state index in [1.807, 2.05) is 0 Å². The van der Waals surface area contributed by atoms with E-state index in [0.29, 0.717) is 19.3 Å². The maximum atomic E-state index is 10.7. The lowest BCUT2D eigenvalue weighted by atomic mass is 10.2. The number of aliphatic carboxylic acids is 3. The SMILES string of the molecule is O=C(O)CC=C(OCCCCCC(=O)O)C(=O)O. The van der Waals surface area contributed by atoms with E-state index < -0.39 is 30.1 Å². The predicted octanol–water partition coefficient (Wildman–Crippen LogP) is 1.09. The van der Waals surface area contributed by atoms with Gasteiger partial charge in [0, 0.05) is 6.42 Å². The first-order valence-corrected chi connectivity index (χ1v) is 5.43. The van der Waals surface area contributed by atoms with Crippen molar-refractivity contribution in [1.82, 2.24) is 0 Å². The third kappa shape index (κ3) is 9.20. The predicted molar refractivity (Wildman–Crippen MR) is 60.0 cm³/mol. The van der Waals surface area contributed by atoms with Crippen molar-refractivity contribution < 1.29 is 34.4 Å². The highest BCUT2D eigenvalue weighted by Crippen LogP contribution is 2.05. The van der Waals surface area contributed by atoms with Crippen LogP contribution in [0.2, 0.25) is 0 Å². The van der Waals surface area contributed by atoms with Gasteiger partial charge in [0.05, 0.1) is 13.0 Å². The van der Waals surface area contributed by atoms with Crippen molar-refractivity contribution in [3.8, 4) is 0 Å². The van der Waals surface area contributed by atoms with Crippen molar-refractivity contribution in [2.24, 2.45) is 0 Å². The number of hydrogen-bond donors (Lipinski definition) is 3. The molecule has 0 bridgehead atoms. The molecule has 0 saturated carbocycles. The summed E-state index contributed by atoms with van der Waals surface area (Å²) < 4.78 is 4.91.